The van der Waals surface area contributed by atoms with E-state index in [-0.39, 0.29) is 18.7 Å². The molecule has 0 fully saturated rings. The van der Waals surface area contributed by atoms with Crippen molar-refractivity contribution in [2.24, 2.45) is 0 Å². The molecule has 0 aliphatic heterocycles. The molecular formula is C16H12F6N4O4. The topological polar surface area (TPSA) is 98.3 Å². The molecule has 0 unspecified atom stereocenters. The minimum Gasteiger partial charge on any atom is -0.278 e. The highest BCUT2D eigenvalue weighted by atomic mass is 19.4. The van der Waals surface area contributed by atoms with Crippen molar-refractivity contribution in [1.82, 2.24) is 9.55 Å². The minimum atomic E-state index is -5.09. The number of rotatable bonds is 4. The molecule has 30 heavy (non-hydrogen) atoms. The monoisotopic (exact) mass is 438 g/mol. The van der Waals surface area contributed by atoms with Crippen LogP contribution in [0.4, 0.5) is 43.7 Å². The molecule has 0 N–H and O–H groups in total. The van der Waals surface area contributed by atoms with E-state index in [1.807, 2.05) is 0 Å². The molecule has 162 valence electrons. The Morgan fingerprint density at radius 2 is 1.77 bits per heavy atom. The molecule has 0 saturated heterocycles. The predicted molar refractivity (Wildman–Crippen MR) is 90.1 cm³/mol. The van der Waals surface area contributed by atoms with Crippen LogP contribution in [0.5, 0.6) is 0 Å². The van der Waals surface area contributed by atoms with E-state index in [0.29, 0.717) is 21.6 Å². The van der Waals surface area contributed by atoms with Gasteiger partial charge >= 0.3 is 12.4 Å². The first-order valence-electron chi connectivity index (χ1n) is 8.03. The number of carbonyl (C=O) groups excluding carboxylic acids is 1. The summed E-state index contributed by atoms with van der Waals surface area (Å²) in [5.74, 6) is -2.04. The highest BCUT2D eigenvalue weighted by Crippen LogP contribution is 2.39. The van der Waals surface area contributed by atoms with Crippen LogP contribution in [0.2, 0.25) is 0 Å². The third kappa shape index (κ3) is 4.41. The Bertz CT molecular complexity index is 1060. The number of alkyl halides is 6. The second-order valence-electron chi connectivity index (χ2n) is 5.83. The van der Waals surface area contributed by atoms with Crippen LogP contribution < -0.4 is 10.5 Å². The van der Waals surface area contributed by atoms with Crippen molar-refractivity contribution in [3.05, 3.63) is 56.0 Å². The lowest BCUT2D eigenvalue weighted by atomic mass is 10.1. The molecule has 8 nitrogen and oxygen atoms in total. The summed E-state index contributed by atoms with van der Waals surface area (Å²) in [6.45, 7) is 1.85. The molecule has 2 rings (SSSR count). The Morgan fingerprint density at radius 3 is 2.20 bits per heavy atom. The maximum Gasteiger partial charge on any atom is 0.433 e. The van der Waals surface area contributed by atoms with Crippen LogP contribution in [0.3, 0.4) is 0 Å². The van der Waals surface area contributed by atoms with Crippen molar-refractivity contribution in [1.29, 1.82) is 0 Å². The van der Waals surface area contributed by atoms with E-state index in [4.69, 9.17) is 0 Å². The molecule has 1 heterocycles. The zero-order chi connectivity index (χ0) is 23.0. The van der Waals surface area contributed by atoms with E-state index in [0.717, 1.165) is 6.92 Å². The van der Waals surface area contributed by atoms with Crippen LogP contribution in [0, 0.1) is 10.1 Å². The van der Waals surface area contributed by atoms with Gasteiger partial charge in [-0.3, -0.25) is 24.3 Å². The first kappa shape index (κ1) is 22.8. The van der Waals surface area contributed by atoms with Gasteiger partial charge in [0.15, 0.2) is 5.69 Å². The number of nitrogens with zero attached hydrogens (tertiary/aromatic N) is 4. The molecule has 0 aliphatic rings. The molecule has 0 bridgehead atoms. The Labute approximate surface area is 163 Å². The fourth-order valence-electron chi connectivity index (χ4n) is 2.56. The average molecular weight is 438 g/mol. The van der Waals surface area contributed by atoms with E-state index in [9.17, 15) is 46.0 Å². The molecular weight excluding hydrogens is 426 g/mol. The predicted octanol–water partition coefficient (Wildman–Crippen LogP) is 3.89. The van der Waals surface area contributed by atoms with Gasteiger partial charge in [0.05, 0.1) is 10.5 Å². The van der Waals surface area contributed by atoms with E-state index in [2.05, 4.69) is 4.98 Å². The molecule has 1 aromatic heterocycles. The van der Waals surface area contributed by atoms with Gasteiger partial charge in [-0.2, -0.15) is 26.3 Å². The van der Waals surface area contributed by atoms with Gasteiger partial charge in [0.1, 0.15) is 5.69 Å². The van der Waals surface area contributed by atoms with Crippen molar-refractivity contribution >= 4 is 23.2 Å². The number of nitro groups is 1. The van der Waals surface area contributed by atoms with E-state index in [1.54, 1.807) is 0 Å². The zero-order valence-electron chi connectivity index (χ0n) is 15.2. The van der Waals surface area contributed by atoms with Crippen molar-refractivity contribution in [3.63, 3.8) is 0 Å². The van der Waals surface area contributed by atoms with Crippen LogP contribution in [0.25, 0.3) is 0 Å². The Hall–Kier alpha value is -3.45. The number of carbonyl (C=O) groups is 1. The number of anilines is 2. The number of nitro benzene ring substituents is 1. The highest BCUT2D eigenvalue weighted by Gasteiger charge is 2.38. The standard InChI is InChI=1S/C16H12F6N4O4/c1-3-24-13(28)7-12(16(20,21)22)23-14(24)25(8(2)27)10-5-4-9(15(17,18)19)6-11(10)26(29)30/h4-7H,3H2,1-2H3. The van der Waals surface area contributed by atoms with E-state index >= 15 is 0 Å². The van der Waals surface area contributed by atoms with Crippen molar-refractivity contribution in [2.75, 3.05) is 4.90 Å². The van der Waals surface area contributed by atoms with Gasteiger partial charge in [0.2, 0.25) is 11.9 Å². The molecule has 0 aliphatic carbocycles. The lowest BCUT2D eigenvalue weighted by molar-refractivity contribution is -0.384. The quantitative estimate of drug-likeness (QED) is 0.410. The van der Waals surface area contributed by atoms with E-state index < -0.39 is 57.3 Å². The molecule has 0 saturated carbocycles. The largest absolute Gasteiger partial charge is 0.433 e. The summed E-state index contributed by atoms with van der Waals surface area (Å²) in [6.07, 6.45) is -10.0. The number of amides is 1. The zero-order valence-corrected chi connectivity index (χ0v) is 15.2. The molecule has 0 radical (unpaired) electrons. The van der Waals surface area contributed by atoms with Crippen LogP contribution in [0.15, 0.2) is 29.1 Å². The lowest BCUT2D eigenvalue weighted by Gasteiger charge is -2.24. The highest BCUT2D eigenvalue weighted by molar-refractivity contribution is 5.99. The van der Waals surface area contributed by atoms with Gasteiger partial charge in [-0.15, -0.1) is 0 Å². The van der Waals surface area contributed by atoms with Gasteiger partial charge in [-0.05, 0) is 19.1 Å². The Morgan fingerprint density at radius 1 is 1.17 bits per heavy atom. The minimum absolute atomic E-state index is 0.132. The van der Waals surface area contributed by atoms with E-state index in [1.165, 1.54) is 6.92 Å². The van der Waals surface area contributed by atoms with Crippen molar-refractivity contribution in [3.8, 4) is 0 Å². The number of hydrogen-bond acceptors (Lipinski definition) is 5. The molecule has 2 aromatic rings. The molecule has 0 atom stereocenters. The molecule has 1 amide bonds. The normalized spacial score (nSPS) is 12.0. The Kier molecular flexibility index (Phi) is 5.91. The van der Waals surface area contributed by atoms with Crippen LogP contribution >= 0.6 is 0 Å². The van der Waals surface area contributed by atoms with Gasteiger partial charge in [0.25, 0.3) is 11.2 Å². The second kappa shape index (κ2) is 7.76. The summed E-state index contributed by atoms with van der Waals surface area (Å²) in [7, 11) is 0. The van der Waals surface area contributed by atoms with Gasteiger partial charge < -0.3 is 0 Å². The van der Waals surface area contributed by atoms with Gasteiger partial charge in [0, 0.05) is 25.6 Å². The van der Waals surface area contributed by atoms with Crippen molar-refractivity contribution < 1.29 is 36.1 Å². The van der Waals surface area contributed by atoms with Crippen molar-refractivity contribution in [2.45, 2.75) is 32.7 Å². The fourth-order valence-corrected chi connectivity index (χ4v) is 2.56. The first-order valence-corrected chi connectivity index (χ1v) is 8.03. The first-order chi connectivity index (χ1) is 13.7. The summed E-state index contributed by atoms with van der Waals surface area (Å²) in [6, 6.07) is 1.27. The van der Waals surface area contributed by atoms with Gasteiger partial charge in [-0.25, -0.2) is 9.88 Å². The summed E-state index contributed by atoms with van der Waals surface area (Å²) in [5.41, 5.74) is -6.29. The lowest BCUT2D eigenvalue weighted by Crippen LogP contribution is -2.34. The fraction of sp³-hybridized carbons (Fsp3) is 0.312. The number of halogens is 6. The van der Waals surface area contributed by atoms with Crippen LogP contribution in [-0.2, 0) is 23.7 Å². The number of hydrogen-bond donors (Lipinski definition) is 0. The third-order valence-electron chi connectivity index (χ3n) is 3.85. The summed E-state index contributed by atoms with van der Waals surface area (Å²) in [5, 5.41) is 11.3. The maximum atomic E-state index is 13.1. The average Bonchev–Trinajstić information content (AvgIpc) is 2.59. The molecule has 14 heteroatoms. The second-order valence-corrected chi connectivity index (χ2v) is 5.83. The third-order valence-corrected chi connectivity index (χ3v) is 3.85. The number of benzene rings is 1. The molecule has 0 spiro atoms. The summed E-state index contributed by atoms with van der Waals surface area (Å²) >= 11 is 0. The summed E-state index contributed by atoms with van der Waals surface area (Å²) in [4.78, 5) is 37.9. The SMILES string of the molecule is CCn1c(N(C(C)=O)c2ccc(C(F)(F)F)cc2[N+](=O)[O-])nc(C(F)(F)F)cc1=O. The Balaban J connectivity index is 2.88. The molecule has 1 aromatic carbocycles. The van der Waals surface area contributed by atoms with Gasteiger partial charge in [-0.1, -0.05) is 0 Å². The van der Waals surface area contributed by atoms with Crippen LogP contribution in [0.1, 0.15) is 25.1 Å². The number of aromatic nitrogens is 2. The van der Waals surface area contributed by atoms with Crippen LogP contribution in [-0.4, -0.2) is 20.4 Å². The summed E-state index contributed by atoms with van der Waals surface area (Å²) < 4.78 is 78.7. The maximum absolute atomic E-state index is 13.1. The smallest absolute Gasteiger partial charge is 0.278 e.